The first-order valence-electron chi connectivity index (χ1n) is 8.77. The minimum absolute atomic E-state index is 0.0509. The van der Waals surface area contributed by atoms with Gasteiger partial charge in [-0.05, 0) is 57.8 Å². The Kier molecular flexibility index (Phi) is 16.5. The van der Waals surface area contributed by atoms with Gasteiger partial charge in [0.1, 0.15) is 0 Å². The van der Waals surface area contributed by atoms with Gasteiger partial charge in [0.05, 0.1) is 18.3 Å². The predicted molar refractivity (Wildman–Crippen MR) is 101 cm³/mol. The summed E-state index contributed by atoms with van der Waals surface area (Å²) in [7, 11) is -2.62. The first-order chi connectivity index (χ1) is 11.9. The molecule has 0 heterocycles. The molecule has 0 aromatic rings. The number of aliphatic hydroxyl groups excluding tert-OH is 3. The molecule has 25 heavy (non-hydrogen) atoms. The highest BCUT2D eigenvalue weighted by atomic mass is 31.2. The summed E-state index contributed by atoms with van der Waals surface area (Å²) in [5, 5.41) is 26.6. The third-order valence-corrected chi connectivity index (χ3v) is 3.72. The van der Waals surface area contributed by atoms with E-state index in [1.54, 1.807) is 0 Å². The molecule has 146 valence electrons. The molecule has 3 atom stereocenters. The zero-order valence-corrected chi connectivity index (χ0v) is 15.6. The number of hydrogen-bond donors (Lipinski definition) is 6. The van der Waals surface area contributed by atoms with E-state index in [2.05, 4.69) is 18.2 Å². The van der Waals surface area contributed by atoms with E-state index >= 15 is 0 Å². The summed E-state index contributed by atoms with van der Waals surface area (Å²) in [5.41, 5.74) is 0. The lowest BCUT2D eigenvalue weighted by Gasteiger charge is -2.08. The van der Waals surface area contributed by atoms with Crippen molar-refractivity contribution < 1.29 is 30.0 Å². The fourth-order valence-corrected chi connectivity index (χ4v) is 2.33. The fraction of sp³-hybridized carbons (Fsp3) is 0.667. The third-order valence-electron chi connectivity index (χ3n) is 3.72. The SMILES string of the molecule is OC1CC=CCC1.OC1CC=CCC1.OC1CC=CCC1.OP(O)O. The molecular formula is C18H33O6P. The number of hydrogen-bond acceptors (Lipinski definition) is 6. The molecule has 0 aromatic heterocycles. The van der Waals surface area contributed by atoms with Crippen LogP contribution in [0, 0.1) is 0 Å². The van der Waals surface area contributed by atoms with Crippen LogP contribution in [0.5, 0.6) is 0 Å². The molecule has 0 saturated heterocycles. The second kappa shape index (κ2) is 16.9. The van der Waals surface area contributed by atoms with Crippen molar-refractivity contribution in [2.24, 2.45) is 0 Å². The first kappa shape index (κ1) is 24.4. The van der Waals surface area contributed by atoms with Crippen molar-refractivity contribution in [2.45, 2.75) is 76.1 Å². The zero-order valence-electron chi connectivity index (χ0n) is 14.7. The Morgan fingerprint density at radius 2 is 0.760 bits per heavy atom. The molecule has 0 radical (unpaired) electrons. The van der Waals surface area contributed by atoms with Crippen LogP contribution in [0.3, 0.4) is 0 Å². The summed E-state index contributed by atoms with van der Waals surface area (Å²) in [6.45, 7) is 0. The van der Waals surface area contributed by atoms with Gasteiger partial charge in [0.2, 0.25) is 0 Å². The van der Waals surface area contributed by atoms with Gasteiger partial charge in [0.25, 0.3) is 0 Å². The van der Waals surface area contributed by atoms with Crippen LogP contribution in [0.4, 0.5) is 0 Å². The molecule has 3 aliphatic carbocycles. The normalized spacial score (nSPS) is 27.2. The van der Waals surface area contributed by atoms with Gasteiger partial charge >= 0.3 is 8.60 Å². The largest absolute Gasteiger partial charge is 0.393 e. The van der Waals surface area contributed by atoms with Gasteiger partial charge in [-0.25, -0.2) is 0 Å². The molecule has 7 heteroatoms. The third kappa shape index (κ3) is 19.6. The van der Waals surface area contributed by atoms with E-state index in [0.717, 1.165) is 57.8 Å². The molecule has 0 aliphatic heterocycles. The smallest absolute Gasteiger partial charge is 0.324 e. The topological polar surface area (TPSA) is 121 Å². The van der Waals surface area contributed by atoms with Crippen molar-refractivity contribution >= 4 is 8.60 Å². The van der Waals surface area contributed by atoms with E-state index in [1.807, 2.05) is 18.2 Å². The van der Waals surface area contributed by atoms with Crippen molar-refractivity contribution in [3.8, 4) is 0 Å². The molecular weight excluding hydrogens is 343 g/mol. The van der Waals surface area contributed by atoms with Crippen molar-refractivity contribution in [1.29, 1.82) is 0 Å². The molecule has 0 saturated carbocycles. The Labute approximate surface area is 151 Å². The summed E-state index contributed by atoms with van der Waals surface area (Å²) in [6, 6.07) is 0. The number of rotatable bonds is 0. The fourth-order valence-electron chi connectivity index (χ4n) is 2.33. The molecule has 0 bridgehead atoms. The molecule has 3 aliphatic rings. The first-order valence-corrected chi connectivity index (χ1v) is 9.97. The Morgan fingerprint density at radius 1 is 0.520 bits per heavy atom. The molecule has 3 unspecified atom stereocenters. The van der Waals surface area contributed by atoms with Crippen LogP contribution in [-0.2, 0) is 0 Å². The van der Waals surface area contributed by atoms with E-state index in [-0.39, 0.29) is 18.3 Å². The van der Waals surface area contributed by atoms with Gasteiger partial charge in [-0.2, -0.15) is 0 Å². The second-order valence-corrected chi connectivity index (χ2v) is 6.62. The number of allylic oxidation sites excluding steroid dienone is 3. The Bertz CT molecular complexity index is 329. The average Bonchev–Trinajstić information content (AvgIpc) is 2.58. The van der Waals surface area contributed by atoms with Crippen molar-refractivity contribution in [3.05, 3.63) is 36.5 Å². The van der Waals surface area contributed by atoms with Crippen LogP contribution >= 0.6 is 8.60 Å². The van der Waals surface area contributed by atoms with E-state index in [4.69, 9.17) is 30.0 Å². The lowest BCUT2D eigenvalue weighted by Crippen LogP contribution is -2.06. The zero-order chi connectivity index (χ0) is 18.9. The van der Waals surface area contributed by atoms with E-state index in [1.165, 1.54) is 0 Å². The Morgan fingerprint density at radius 3 is 0.840 bits per heavy atom. The molecule has 0 fully saturated rings. The summed E-state index contributed by atoms with van der Waals surface area (Å²) >= 11 is 0. The molecule has 6 nitrogen and oxygen atoms in total. The van der Waals surface area contributed by atoms with Gasteiger partial charge in [0.15, 0.2) is 0 Å². The molecule has 3 rings (SSSR count). The van der Waals surface area contributed by atoms with Gasteiger partial charge in [-0.15, -0.1) is 0 Å². The van der Waals surface area contributed by atoms with E-state index in [0.29, 0.717) is 0 Å². The van der Waals surface area contributed by atoms with Gasteiger partial charge in [-0.1, -0.05) is 36.5 Å². The lowest BCUT2D eigenvalue weighted by molar-refractivity contribution is 0.164. The molecule has 0 amide bonds. The average molecular weight is 376 g/mol. The van der Waals surface area contributed by atoms with Crippen LogP contribution in [0.1, 0.15) is 57.8 Å². The maximum atomic E-state index is 8.86. The summed E-state index contributed by atoms with van der Waals surface area (Å²) in [6.07, 6.45) is 20.9. The number of aliphatic hydroxyl groups is 3. The Hall–Kier alpha value is -0.590. The predicted octanol–water partition coefficient (Wildman–Crippen LogP) is 2.45. The summed E-state index contributed by atoms with van der Waals surface area (Å²) in [5.74, 6) is 0. The van der Waals surface area contributed by atoms with Crippen LogP contribution in [0.25, 0.3) is 0 Å². The highest BCUT2D eigenvalue weighted by Gasteiger charge is 2.03. The monoisotopic (exact) mass is 376 g/mol. The minimum atomic E-state index is -2.62. The standard InChI is InChI=1S/3C6H10O.H3O3P/c3*7-6-4-2-1-3-5-6;1-4(2)3/h3*1-2,6-7H,3-5H2;1-3H. The molecule has 0 spiro atoms. The summed E-state index contributed by atoms with van der Waals surface area (Å²) < 4.78 is 0. The van der Waals surface area contributed by atoms with Gasteiger partial charge < -0.3 is 30.0 Å². The highest BCUT2D eigenvalue weighted by molar-refractivity contribution is 7.38. The van der Waals surface area contributed by atoms with Crippen LogP contribution in [0.2, 0.25) is 0 Å². The lowest BCUT2D eigenvalue weighted by atomic mass is 10.1. The van der Waals surface area contributed by atoms with Crippen molar-refractivity contribution in [3.63, 3.8) is 0 Å². The second-order valence-electron chi connectivity index (χ2n) is 6.08. The molecule has 0 aromatic carbocycles. The van der Waals surface area contributed by atoms with Gasteiger partial charge in [-0.3, -0.25) is 0 Å². The van der Waals surface area contributed by atoms with E-state index < -0.39 is 8.60 Å². The Balaban J connectivity index is 0.000000314. The van der Waals surface area contributed by atoms with E-state index in [9.17, 15) is 0 Å². The van der Waals surface area contributed by atoms with Crippen LogP contribution < -0.4 is 0 Å². The minimum Gasteiger partial charge on any atom is -0.393 e. The maximum Gasteiger partial charge on any atom is 0.324 e. The van der Waals surface area contributed by atoms with Crippen LogP contribution in [-0.4, -0.2) is 48.3 Å². The maximum absolute atomic E-state index is 8.86. The highest BCUT2D eigenvalue weighted by Crippen LogP contribution is 2.12. The van der Waals surface area contributed by atoms with Crippen molar-refractivity contribution in [2.75, 3.05) is 0 Å². The van der Waals surface area contributed by atoms with Crippen molar-refractivity contribution in [1.82, 2.24) is 0 Å². The van der Waals surface area contributed by atoms with Crippen LogP contribution in [0.15, 0.2) is 36.5 Å². The van der Waals surface area contributed by atoms with Gasteiger partial charge in [0, 0.05) is 0 Å². The quantitative estimate of drug-likeness (QED) is 0.285. The summed E-state index contributed by atoms with van der Waals surface area (Å²) in [4.78, 5) is 21.7. The molecule has 6 N–H and O–H groups in total.